The van der Waals surface area contributed by atoms with Crippen LogP contribution in [-0.4, -0.2) is 31.2 Å². The van der Waals surface area contributed by atoms with Crippen molar-refractivity contribution in [2.45, 2.75) is 86.2 Å². The third-order valence-electron chi connectivity index (χ3n) is 5.97. The van der Waals surface area contributed by atoms with Gasteiger partial charge in [-0.3, -0.25) is 4.79 Å². The average Bonchev–Trinajstić information content (AvgIpc) is 3.25. The summed E-state index contributed by atoms with van der Waals surface area (Å²) in [4.78, 5) is 14.0. The van der Waals surface area contributed by atoms with Gasteiger partial charge >= 0.3 is 0 Å². The van der Waals surface area contributed by atoms with E-state index in [4.69, 9.17) is 9.26 Å². The summed E-state index contributed by atoms with van der Waals surface area (Å²) in [6.07, 6.45) is 0.965. The fraction of sp³-hybridized carbons (Fsp3) is 0.515. The summed E-state index contributed by atoms with van der Waals surface area (Å²) in [5, 5.41) is 4.01. The molecule has 4 rings (SSSR count). The number of anilines is 1. The second-order valence-electron chi connectivity index (χ2n) is 11.0. The number of hydrogen-bond acceptors (Lipinski definition) is 7. The minimum absolute atomic E-state index is 0.0846. The van der Waals surface area contributed by atoms with E-state index in [-0.39, 0.29) is 18.3 Å². The van der Waals surface area contributed by atoms with E-state index in [1.807, 2.05) is 39.0 Å². The van der Waals surface area contributed by atoms with Gasteiger partial charge in [0.25, 0.3) is 0 Å². The van der Waals surface area contributed by atoms with Gasteiger partial charge in [0, 0.05) is 30.8 Å². The maximum Gasteiger partial charge on any atom is 0.170 e. The van der Waals surface area contributed by atoms with Crippen molar-refractivity contribution < 1.29 is 18.8 Å². The number of aryl methyl sites for hydroxylation is 3. The highest BCUT2D eigenvalue weighted by molar-refractivity contribution is 8.00. The Labute approximate surface area is 245 Å². The summed E-state index contributed by atoms with van der Waals surface area (Å²) in [7, 11) is 1.68. The zero-order valence-electron chi connectivity index (χ0n) is 26.0. The van der Waals surface area contributed by atoms with Gasteiger partial charge in [0.05, 0.1) is 23.2 Å². The number of benzene rings is 2. The first-order valence-corrected chi connectivity index (χ1v) is 15.1. The summed E-state index contributed by atoms with van der Waals surface area (Å²) in [6.45, 7) is 20.5. The molecule has 1 atom stereocenters. The third kappa shape index (κ3) is 10.0. The Hall–Kier alpha value is -2.77. The van der Waals surface area contributed by atoms with E-state index in [2.05, 4.69) is 80.0 Å². The summed E-state index contributed by atoms with van der Waals surface area (Å²) >= 11 is 1.66. The third-order valence-corrected chi connectivity index (χ3v) is 7.01. The van der Waals surface area contributed by atoms with Crippen molar-refractivity contribution in [2.24, 2.45) is 11.8 Å². The predicted molar refractivity (Wildman–Crippen MR) is 167 cm³/mol. The van der Waals surface area contributed by atoms with Crippen molar-refractivity contribution in [1.29, 1.82) is 0 Å². The Morgan fingerprint density at radius 3 is 2.17 bits per heavy atom. The molecule has 0 fully saturated rings. The highest BCUT2D eigenvalue weighted by Crippen LogP contribution is 2.40. The molecule has 1 unspecified atom stereocenters. The van der Waals surface area contributed by atoms with Crippen LogP contribution in [0.1, 0.15) is 93.9 Å². The van der Waals surface area contributed by atoms with Crippen LogP contribution in [0.5, 0.6) is 5.75 Å². The maximum atomic E-state index is 13.0. The zero-order chi connectivity index (χ0) is 29.8. The smallest absolute Gasteiger partial charge is 0.170 e. The lowest BCUT2D eigenvalue weighted by atomic mass is 9.95. The molecule has 220 valence electrons. The number of carbonyl (C=O) groups excluding carboxylic acids is 1. The molecule has 0 amide bonds. The molecule has 40 heavy (non-hydrogen) atoms. The molecule has 2 aromatic carbocycles. The standard InChI is InChI=1S/C26H30N2O3S.C4H10.C3H8O/c1-6-19-7-9-20(10-8-19)28(15-16(2)3)32-21-11-12-24-22(13-21)23(29)14-25(30-24)26-17(4)27-31-18(26)5;1-4(2)3;1-3-4-2/h7-13,16,25H,6,14-15H2,1-5H3;4H,1-3H3;3H2,1-2H3. The van der Waals surface area contributed by atoms with Gasteiger partial charge in [-0.2, -0.15) is 0 Å². The number of carbonyl (C=O) groups is 1. The Morgan fingerprint density at radius 2 is 1.68 bits per heavy atom. The number of ether oxygens (including phenoxy) is 2. The summed E-state index contributed by atoms with van der Waals surface area (Å²) in [5.74, 6) is 2.75. The van der Waals surface area contributed by atoms with Crippen LogP contribution in [0.4, 0.5) is 5.69 Å². The van der Waals surface area contributed by atoms with E-state index in [1.54, 1.807) is 19.1 Å². The normalized spacial score (nSPS) is 14.1. The molecule has 7 heteroatoms. The molecule has 0 bridgehead atoms. The van der Waals surface area contributed by atoms with E-state index in [0.29, 0.717) is 23.0 Å². The van der Waals surface area contributed by atoms with Crippen molar-refractivity contribution in [3.63, 3.8) is 0 Å². The number of fused-ring (bicyclic) bond motifs is 1. The van der Waals surface area contributed by atoms with Crippen molar-refractivity contribution in [3.8, 4) is 5.75 Å². The van der Waals surface area contributed by atoms with Gasteiger partial charge in [-0.15, -0.1) is 0 Å². The highest BCUT2D eigenvalue weighted by Gasteiger charge is 2.32. The minimum atomic E-state index is -0.353. The number of hydrogen-bond donors (Lipinski definition) is 0. The fourth-order valence-electron chi connectivity index (χ4n) is 4.02. The quantitative estimate of drug-likeness (QED) is 0.251. The predicted octanol–water partition coefficient (Wildman–Crippen LogP) is 9.05. The Balaban J connectivity index is 0.000000621. The van der Waals surface area contributed by atoms with Gasteiger partial charge in [0.1, 0.15) is 17.6 Å². The van der Waals surface area contributed by atoms with Gasteiger partial charge < -0.3 is 18.3 Å². The largest absolute Gasteiger partial charge is 0.484 e. The lowest BCUT2D eigenvalue weighted by molar-refractivity contribution is 0.0847. The lowest BCUT2D eigenvalue weighted by Gasteiger charge is -2.28. The van der Waals surface area contributed by atoms with Crippen molar-refractivity contribution in [2.75, 3.05) is 24.6 Å². The van der Waals surface area contributed by atoms with Crippen molar-refractivity contribution in [1.82, 2.24) is 5.16 Å². The number of aromatic nitrogens is 1. The Kier molecular flexibility index (Phi) is 13.8. The lowest BCUT2D eigenvalue weighted by Crippen LogP contribution is -2.22. The SMILES string of the molecule is CC(C)C.CCOC.CCc1ccc(N(CC(C)C)Sc2ccc3c(c2)C(=O)CC(c2c(C)noc2C)O3)cc1. The summed E-state index contributed by atoms with van der Waals surface area (Å²) in [5.41, 5.74) is 4.78. The van der Waals surface area contributed by atoms with Crippen LogP contribution in [0, 0.1) is 25.7 Å². The van der Waals surface area contributed by atoms with Crippen LogP contribution in [0.25, 0.3) is 0 Å². The number of methoxy groups -OCH3 is 1. The Bertz CT molecular complexity index is 1160. The second kappa shape index (κ2) is 16.5. The molecule has 0 radical (unpaired) electrons. The molecule has 0 spiro atoms. The zero-order valence-corrected chi connectivity index (χ0v) is 26.9. The average molecular weight is 569 g/mol. The topological polar surface area (TPSA) is 64.8 Å². The molecule has 3 aromatic rings. The van der Waals surface area contributed by atoms with Gasteiger partial charge in [0.15, 0.2) is 5.78 Å². The van der Waals surface area contributed by atoms with Gasteiger partial charge in [-0.25, -0.2) is 0 Å². The molecular formula is C33H48N2O4S. The molecular weight excluding hydrogens is 520 g/mol. The molecule has 6 nitrogen and oxygen atoms in total. The molecule has 0 saturated carbocycles. The van der Waals surface area contributed by atoms with E-state index in [9.17, 15) is 4.79 Å². The first-order valence-electron chi connectivity index (χ1n) is 14.3. The van der Waals surface area contributed by atoms with E-state index >= 15 is 0 Å². The van der Waals surface area contributed by atoms with Crippen LogP contribution in [-0.2, 0) is 11.2 Å². The molecule has 1 aromatic heterocycles. The molecule has 0 N–H and O–H groups in total. The molecule has 1 aliphatic heterocycles. The van der Waals surface area contributed by atoms with Crippen LogP contribution in [0.15, 0.2) is 51.9 Å². The number of rotatable bonds is 8. The second-order valence-corrected chi connectivity index (χ2v) is 12.1. The van der Waals surface area contributed by atoms with Crippen LogP contribution < -0.4 is 9.04 Å². The number of nitrogens with zero attached hydrogens (tertiary/aromatic N) is 2. The number of ketones is 1. The van der Waals surface area contributed by atoms with Gasteiger partial charge in [-0.1, -0.05) is 58.8 Å². The van der Waals surface area contributed by atoms with Crippen LogP contribution in [0.2, 0.25) is 0 Å². The number of Topliss-reactive ketones (excluding diaryl/α,β-unsaturated/α-hetero) is 1. The summed E-state index contributed by atoms with van der Waals surface area (Å²) < 4.78 is 18.3. The minimum Gasteiger partial charge on any atom is -0.484 e. The van der Waals surface area contributed by atoms with E-state index in [1.165, 1.54) is 11.3 Å². The van der Waals surface area contributed by atoms with Crippen LogP contribution >= 0.6 is 11.9 Å². The Morgan fingerprint density at radius 1 is 1.05 bits per heavy atom. The van der Waals surface area contributed by atoms with Crippen LogP contribution in [0.3, 0.4) is 0 Å². The molecule has 1 aliphatic rings. The molecule has 0 saturated heterocycles. The first kappa shape index (κ1) is 33.4. The highest BCUT2D eigenvalue weighted by atomic mass is 32.2. The van der Waals surface area contributed by atoms with Gasteiger partial charge in [0.2, 0.25) is 0 Å². The van der Waals surface area contributed by atoms with Crippen molar-refractivity contribution >= 4 is 23.4 Å². The fourth-order valence-corrected chi connectivity index (χ4v) is 5.18. The van der Waals surface area contributed by atoms with E-state index < -0.39 is 0 Å². The maximum absolute atomic E-state index is 13.0. The van der Waals surface area contributed by atoms with Gasteiger partial charge in [-0.05, 0) is 86.9 Å². The first-order chi connectivity index (χ1) is 19.0. The van der Waals surface area contributed by atoms with E-state index in [0.717, 1.165) is 41.6 Å². The summed E-state index contributed by atoms with van der Waals surface area (Å²) in [6, 6.07) is 14.6. The molecule has 2 heterocycles. The van der Waals surface area contributed by atoms with Crippen molar-refractivity contribution in [3.05, 3.63) is 70.6 Å². The monoisotopic (exact) mass is 568 g/mol. The molecule has 0 aliphatic carbocycles.